The number of hydrogen-bond donors (Lipinski definition) is 3. The molecule has 1 aliphatic carbocycles. The molecular formula is C26H29BrF2N6O3. The van der Waals surface area contributed by atoms with Crippen molar-refractivity contribution in [1.29, 1.82) is 0 Å². The number of aromatic nitrogens is 3. The maximum atomic E-state index is 12.8. The van der Waals surface area contributed by atoms with Gasteiger partial charge in [-0.1, -0.05) is 22.0 Å². The second-order valence-corrected chi connectivity index (χ2v) is 10.8. The van der Waals surface area contributed by atoms with Crippen LogP contribution in [0.15, 0.2) is 47.3 Å². The van der Waals surface area contributed by atoms with Crippen LogP contribution >= 0.6 is 15.9 Å². The SMILES string of the molecule is CC(C)(C)OC(=O)NC1(c2ncc(-c3cnc(N)c(NCc4c(Br)cccc4OC(F)F)c3)cn2)CCC1. The van der Waals surface area contributed by atoms with Crippen LogP contribution in [-0.2, 0) is 16.8 Å². The monoisotopic (exact) mass is 590 g/mol. The molecule has 1 saturated carbocycles. The number of nitrogens with two attached hydrogens (primary N) is 1. The fraction of sp³-hybridized carbons (Fsp3) is 0.385. The van der Waals surface area contributed by atoms with Crippen LogP contribution < -0.4 is 21.1 Å². The number of nitrogens with one attached hydrogen (secondary N) is 2. The van der Waals surface area contributed by atoms with E-state index < -0.39 is 23.8 Å². The number of carbonyl (C=O) groups is 1. The first-order chi connectivity index (χ1) is 18.0. The maximum Gasteiger partial charge on any atom is 0.408 e. The van der Waals surface area contributed by atoms with Crippen LogP contribution in [0.3, 0.4) is 0 Å². The van der Waals surface area contributed by atoms with Gasteiger partial charge >= 0.3 is 12.7 Å². The number of halogens is 3. The summed E-state index contributed by atoms with van der Waals surface area (Å²) in [6, 6.07) is 6.60. The van der Waals surface area contributed by atoms with Crippen molar-refractivity contribution in [2.45, 2.75) is 64.3 Å². The second-order valence-electron chi connectivity index (χ2n) is 9.96. The molecule has 0 spiro atoms. The van der Waals surface area contributed by atoms with Crippen LogP contribution in [0, 0.1) is 0 Å². The first kappa shape index (κ1) is 27.5. The minimum atomic E-state index is -2.94. The van der Waals surface area contributed by atoms with E-state index in [1.165, 1.54) is 6.07 Å². The predicted octanol–water partition coefficient (Wildman–Crippen LogP) is 6.00. The van der Waals surface area contributed by atoms with E-state index in [2.05, 4.69) is 46.3 Å². The molecule has 38 heavy (non-hydrogen) atoms. The van der Waals surface area contributed by atoms with Gasteiger partial charge in [-0.25, -0.2) is 19.7 Å². The van der Waals surface area contributed by atoms with Crippen LogP contribution in [0.2, 0.25) is 0 Å². The third kappa shape index (κ3) is 6.47. The lowest BCUT2D eigenvalue weighted by molar-refractivity contribution is -0.0504. The van der Waals surface area contributed by atoms with Crippen LogP contribution in [0.4, 0.5) is 25.1 Å². The van der Waals surface area contributed by atoms with Crippen LogP contribution in [0.1, 0.15) is 51.4 Å². The lowest BCUT2D eigenvalue weighted by Crippen LogP contribution is -2.53. The number of hydrogen-bond acceptors (Lipinski definition) is 8. The van der Waals surface area contributed by atoms with Gasteiger partial charge in [-0.2, -0.15) is 8.78 Å². The van der Waals surface area contributed by atoms with E-state index in [1.54, 1.807) is 36.8 Å². The van der Waals surface area contributed by atoms with Gasteiger partial charge in [0.25, 0.3) is 0 Å². The average Bonchev–Trinajstić information content (AvgIpc) is 2.81. The summed E-state index contributed by atoms with van der Waals surface area (Å²) >= 11 is 3.38. The number of ether oxygens (including phenoxy) is 2. The van der Waals surface area contributed by atoms with Crippen molar-refractivity contribution in [2.24, 2.45) is 0 Å². The zero-order valence-electron chi connectivity index (χ0n) is 21.2. The molecule has 4 rings (SSSR count). The summed E-state index contributed by atoms with van der Waals surface area (Å²) in [5, 5.41) is 6.09. The van der Waals surface area contributed by atoms with E-state index in [4.69, 9.17) is 10.5 Å². The molecule has 0 saturated heterocycles. The molecule has 0 unspecified atom stereocenters. The van der Waals surface area contributed by atoms with E-state index in [9.17, 15) is 13.6 Å². The molecule has 202 valence electrons. The van der Waals surface area contributed by atoms with Gasteiger partial charge in [0.2, 0.25) is 0 Å². The van der Waals surface area contributed by atoms with Gasteiger partial charge in [-0.3, -0.25) is 0 Å². The Bertz CT molecular complexity index is 1300. The Balaban J connectivity index is 1.51. The molecule has 0 bridgehead atoms. The highest BCUT2D eigenvalue weighted by Crippen LogP contribution is 2.40. The highest BCUT2D eigenvalue weighted by Gasteiger charge is 2.43. The smallest absolute Gasteiger partial charge is 0.408 e. The van der Waals surface area contributed by atoms with Crippen molar-refractivity contribution in [3.8, 4) is 16.9 Å². The topological polar surface area (TPSA) is 124 Å². The number of rotatable bonds is 8. The fourth-order valence-electron chi connectivity index (χ4n) is 4.03. The molecule has 2 aromatic heterocycles. The number of nitrogens with zero attached hydrogens (tertiary/aromatic N) is 3. The number of benzene rings is 1. The summed E-state index contributed by atoms with van der Waals surface area (Å²) in [6.07, 6.45) is 6.80. The van der Waals surface area contributed by atoms with Crippen molar-refractivity contribution in [3.63, 3.8) is 0 Å². The predicted molar refractivity (Wildman–Crippen MR) is 143 cm³/mol. The number of alkyl halides is 2. The molecular weight excluding hydrogens is 562 g/mol. The van der Waals surface area contributed by atoms with Crippen molar-refractivity contribution < 1.29 is 23.0 Å². The summed E-state index contributed by atoms with van der Waals surface area (Å²) in [4.78, 5) is 25.7. The summed E-state index contributed by atoms with van der Waals surface area (Å²) < 4.78 is 36.3. The number of nitrogen functional groups attached to an aromatic ring is 1. The fourth-order valence-corrected chi connectivity index (χ4v) is 4.52. The summed E-state index contributed by atoms with van der Waals surface area (Å²) in [5.74, 6) is 0.809. The third-order valence-corrected chi connectivity index (χ3v) is 6.77. The van der Waals surface area contributed by atoms with Crippen molar-refractivity contribution in [1.82, 2.24) is 20.3 Å². The van der Waals surface area contributed by atoms with Crippen LogP contribution in [-0.4, -0.2) is 33.3 Å². The largest absolute Gasteiger partial charge is 0.444 e. The van der Waals surface area contributed by atoms with E-state index in [1.807, 2.05) is 20.8 Å². The molecule has 2 heterocycles. The molecule has 1 fully saturated rings. The number of anilines is 2. The quantitative estimate of drug-likeness (QED) is 0.292. The Kier molecular flexibility index (Phi) is 8.00. The second kappa shape index (κ2) is 11.1. The van der Waals surface area contributed by atoms with Crippen molar-refractivity contribution >= 4 is 33.5 Å². The highest BCUT2D eigenvalue weighted by atomic mass is 79.9. The average molecular weight is 591 g/mol. The molecule has 1 aliphatic rings. The highest BCUT2D eigenvalue weighted by molar-refractivity contribution is 9.10. The molecule has 0 radical (unpaired) electrons. The van der Waals surface area contributed by atoms with Gasteiger partial charge in [-0.15, -0.1) is 0 Å². The van der Waals surface area contributed by atoms with Gasteiger partial charge in [-0.05, 0) is 58.2 Å². The van der Waals surface area contributed by atoms with Gasteiger partial charge in [0.1, 0.15) is 22.7 Å². The molecule has 4 N–H and O–H groups in total. The molecule has 3 aromatic rings. The van der Waals surface area contributed by atoms with Gasteiger partial charge in [0, 0.05) is 46.3 Å². The Morgan fingerprint density at radius 1 is 1.16 bits per heavy atom. The van der Waals surface area contributed by atoms with E-state index in [-0.39, 0.29) is 18.1 Å². The van der Waals surface area contributed by atoms with E-state index >= 15 is 0 Å². The molecule has 0 atom stereocenters. The van der Waals surface area contributed by atoms with Gasteiger partial charge < -0.3 is 25.8 Å². The summed E-state index contributed by atoms with van der Waals surface area (Å²) in [5.41, 5.74) is 7.21. The maximum absolute atomic E-state index is 12.8. The Morgan fingerprint density at radius 3 is 2.45 bits per heavy atom. The lowest BCUT2D eigenvalue weighted by atomic mass is 9.76. The molecule has 9 nitrogen and oxygen atoms in total. The van der Waals surface area contributed by atoms with Gasteiger partial charge in [0.15, 0.2) is 5.82 Å². The van der Waals surface area contributed by atoms with E-state index in [0.717, 1.165) is 19.3 Å². The number of amides is 1. The lowest BCUT2D eigenvalue weighted by Gasteiger charge is -2.41. The Hall–Kier alpha value is -3.54. The standard InChI is InChI=1S/C26H29BrF2N6O3/c1-25(2,3)38-24(36)35-26(8-5-9-26)22-33-12-16(13-34-22)15-10-19(21(30)32-11-15)31-14-17-18(27)6-4-7-20(17)37-23(28)29/h4,6-7,10-13,23,31H,5,8-9,14H2,1-3H3,(H2,30,32)(H,35,36). The number of pyridine rings is 1. The number of carbonyl (C=O) groups excluding carboxylic acids is 1. The zero-order valence-corrected chi connectivity index (χ0v) is 22.8. The first-order valence-electron chi connectivity index (χ1n) is 12.0. The normalized spacial score (nSPS) is 14.5. The Morgan fingerprint density at radius 2 is 1.84 bits per heavy atom. The third-order valence-electron chi connectivity index (χ3n) is 6.03. The molecule has 1 amide bonds. The molecule has 12 heteroatoms. The van der Waals surface area contributed by atoms with Crippen LogP contribution in [0.5, 0.6) is 5.75 Å². The molecule has 1 aromatic carbocycles. The summed E-state index contributed by atoms with van der Waals surface area (Å²) in [7, 11) is 0. The Labute approximate surface area is 227 Å². The first-order valence-corrected chi connectivity index (χ1v) is 12.8. The zero-order chi connectivity index (χ0) is 27.5. The van der Waals surface area contributed by atoms with Crippen LogP contribution in [0.25, 0.3) is 11.1 Å². The molecule has 0 aliphatic heterocycles. The summed E-state index contributed by atoms with van der Waals surface area (Å²) in [6.45, 7) is 2.64. The number of alkyl carbamates (subject to hydrolysis) is 1. The van der Waals surface area contributed by atoms with Crippen molar-refractivity contribution in [2.75, 3.05) is 11.1 Å². The minimum Gasteiger partial charge on any atom is -0.444 e. The van der Waals surface area contributed by atoms with Crippen molar-refractivity contribution in [3.05, 3.63) is 58.7 Å². The minimum absolute atomic E-state index is 0.0541. The van der Waals surface area contributed by atoms with E-state index in [0.29, 0.717) is 32.7 Å². The van der Waals surface area contributed by atoms with Gasteiger partial charge in [0.05, 0.1) is 5.69 Å².